The molecule has 2 N–H and O–H groups in total. The van der Waals surface area contributed by atoms with Gasteiger partial charge in [0.2, 0.25) is 0 Å². The van der Waals surface area contributed by atoms with Gasteiger partial charge in [-0.2, -0.15) is 0 Å². The molecule has 0 saturated heterocycles. The highest BCUT2D eigenvalue weighted by Crippen LogP contribution is 2.13. The Morgan fingerprint density at radius 1 is 1.43 bits per heavy atom. The van der Waals surface area contributed by atoms with Gasteiger partial charge in [0.25, 0.3) is 0 Å². The fraction of sp³-hybridized carbons (Fsp3) is 0.700. The summed E-state index contributed by atoms with van der Waals surface area (Å²) in [6.45, 7) is 3.92. The Balaban J connectivity index is 2.43. The topological polar surface area (TPSA) is 53.4 Å². The summed E-state index contributed by atoms with van der Waals surface area (Å²) in [6, 6.07) is 0. The Kier molecular flexibility index (Phi) is 4.51. The van der Waals surface area contributed by atoms with Crippen LogP contribution in [0.2, 0.25) is 0 Å². The van der Waals surface area contributed by atoms with Gasteiger partial charge in [-0.1, -0.05) is 13.3 Å². The summed E-state index contributed by atoms with van der Waals surface area (Å²) < 4.78 is 0. The average molecular weight is 215 g/mol. The van der Waals surface area contributed by atoms with E-state index in [0.717, 1.165) is 17.1 Å². The minimum Gasteiger partial charge on any atom is -0.390 e. The normalized spacial score (nSPS) is 15.4. The van der Waals surface area contributed by atoms with Gasteiger partial charge < -0.3 is 10.2 Å². The highest BCUT2D eigenvalue weighted by atomic mass is 32.1. The zero-order valence-corrected chi connectivity index (χ0v) is 9.42. The minimum atomic E-state index is -0.680. The third-order valence-corrected chi connectivity index (χ3v) is 3.07. The molecular formula is C10H17NO2S. The van der Waals surface area contributed by atoms with Crippen LogP contribution in [0.3, 0.4) is 0 Å². The van der Waals surface area contributed by atoms with E-state index in [2.05, 4.69) is 4.98 Å². The molecule has 1 aromatic rings. The van der Waals surface area contributed by atoms with Crippen LogP contribution in [0.4, 0.5) is 0 Å². The van der Waals surface area contributed by atoms with Crippen molar-refractivity contribution in [1.82, 2.24) is 4.98 Å². The zero-order valence-electron chi connectivity index (χ0n) is 8.60. The highest BCUT2D eigenvalue weighted by molar-refractivity contribution is 7.09. The molecular weight excluding hydrogens is 198 g/mol. The molecule has 0 saturated carbocycles. The molecule has 0 aliphatic carbocycles. The number of aliphatic hydroxyl groups excluding tert-OH is 2. The second-order valence-electron chi connectivity index (χ2n) is 3.51. The first-order valence-electron chi connectivity index (χ1n) is 4.90. The van der Waals surface area contributed by atoms with Crippen LogP contribution in [0.5, 0.6) is 0 Å². The van der Waals surface area contributed by atoms with Gasteiger partial charge in [-0.3, -0.25) is 0 Å². The average Bonchev–Trinajstić information content (AvgIpc) is 2.51. The predicted molar refractivity (Wildman–Crippen MR) is 57.5 cm³/mol. The van der Waals surface area contributed by atoms with Crippen molar-refractivity contribution in [3.63, 3.8) is 0 Å². The first kappa shape index (κ1) is 11.6. The Morgan fingerprint density at radius 2 is 2.14 bits per heavy atom. The number of nitrogens with zero attached hydrogens (tertiary/aromatic N) is 1. The lowest BCUT2D eigenvalue weighted by atomic mass is 10.1. The van der Waals surface area contributed by atoms with Gasteiger partial charge in [0.15, 0.2) is 0 Å². The summed E-state index contributed by atoms with van der Waals surface area (Å²) in [7, 11) is 0. The maximum absolute atomic E-state index is 9.63. The number of aromatic nitrogens is 1. The van der Waals surface area contributed by atoms with Crippen molar-refractivity contribution < 1.29 is 10.2 Å². The van der Waals surface area contributed by atoms with Gasteiger partial charge in [0.05, 0.1) is 17.2 Å². The number of hydrogen-bond donors (Lipinski definition) is 2. The van der Waals surface area contributed by atoms with Crippen molar-refractivity contribution in [3.05, 3.63) is 16.1 Å². The van der Waals surface area contributed by atoms with Crippen molar-refractivity contribution in [3.8, 4) is 0 Å². The van der Waals surface area contributed by atoms with Crippen LogP contribution in [-0.4, -0.2) is 27.4 Å². The number of aliphatic hydroxyl groups is 2. The number of rotatable bonds is 5. The Morgan fingerprint density at radius 3 is 2.64 bits per heavy atom. The van der Waals surface area contributed by atoms with Crippen molar-refractivity contribution in [2.24, 2.45) is 0 Å². The number of thiazole rings is 1. The summed E-state index contributed by atoms with van der Waals surface area (Å²) >= 11 is 1.53. The second-order valence-corrected chi connectivity index (χ2v) is 4.45. The van der Waals surface area contributed by atoms with Crippen molar-refractivity contribution >= 4 is 11.3 Å². The van der Waals surface area contributed by atoms with E-state index in [4.69, 9.17) is 0 Å². The van der Waals surface area contributed by atoms with E-state index in [1.165, 1.54) is 11.3 Å². The molecule has 1 heterocycles. The zero-order chi connectivity index (χ0) is 10.6. The molecule has 0 spiro atoms. The van der Waals surface area contributed by atoms with Crippen LogP contribution in [-0.2, 0) is 6.42 Å². The summed E-state index contributed by atoms with van der Waals surface area (Å²) in [5.41, 5.74) is 0.974. The van der Waals surface area contributed by atoms with E-state index in [0.29, 0.717) is 12.8 Å². The Hall–Kier alpha value is -0.450. The first-order chi connectivity index (χ1) is 6.63. The minimum absolute atomic E-state index is 0.458. The molecule has 0 bridgehead atoms. The molecule has 0 aliphatic rings. The molecule has 0 fully saturated rings. The quantitative estimate of drug-likeness (QED) is 0.783. The number of hydrogen-bond acceptors (Lipinski definition) is 4. The van der Waals surface area contributed by atoms with Crippen molar-refractivity contribution in [2.75, 3.05) is 0 Å². The summed E-state index contributed by atoms with van der Waals surface area (Å²) in [4.78, 5) is 4.24. The predicted octanol–water partition coefficient (Wildman–Crippen LogP) is 1.52. The van der Waals surface area contributed by atoms with Crippen molar-refractivity contribution in [2.45, 2.75) is 45.3 Å². The van der Waals surface area contributed by atoms with E-state index < -0.39 is 12.2 Å². The maximum Gasteiger partial charge on any atom is 0.0954 e. The standard InChI is InChI=1S/C10H17NO2S/c1-3-4-8(12)9(13)5-10-11-7(2)6-14-10/h6,8-9,12-13H,3-5H2,1-2H3. The summed E-state index contributed by atoms with van der Waals surface area (Å²) in [6.07, 6.45) is 0.685. The van der Waals surface area contributed by atoms with Crippen LogP contribution in [0.15, 0.2) is 5.38 Å². The first-order valence-corrected chi connectivity index (χ1v) is 5.78. The fourth-order valence-electron chi connectivity index (χ4n) is 1.30. The van der Waals surface area contributed by atoms with E-state index in [1.54, 1.807) is 0 Å². The second kappa shape index (κ2) is 5.44. The molecule has 0 radical (unpaired) electrons. The smallest absolute Gasteiger partial charge is 0.0954 e. The van der Waals surface area contributed by atoms with Crippen LogP contribution in [0, 0.1) is 6.92 Å². The summed E-state index contributed by atoms with van der Waals surface area (Å²) in [5.74, 6) is 0. The molecule has 4 heteroatoms. The van der Waals surface area contributed by atoms with E-state index in [9.17, 15) is 10.2 Å². The Bertz CT molecular complexity index is 275. The van der Waals surface area contributed by atoms with Gasteiger partial charge in [0.1, 0.15) is 0 Å². The van der Waals surface area contributed by atoms with Gasteiger partial charge in [-0.25, -0.2) is 4.98 Å². The number of aryl methyl sites for hydroxylation is 1. The molecule has 0 amide bonds. The van der Waals surface area contributed by atoms with Gasteiger partial charge in [-0.15, -0.1) is 11.3 Å². The monoisotopic (exact) mass is 215 g/mol. The van der Waals surface area contributed by atoms with Crippen LogP contribution < -0.4 is 0 Å². The maximum atomic E-state index is 9.63. The molecule has 2 unspecified atom stereocenters. The SMILES string of the molecule is CCCC(O)C(O)Cc1nc(C)cs1. The lowest BCUT2D eigenvalue weighted by molar-refractivity contribution is 0.0148. The largest absolute Gasteiger partial charge is 0.390 e. The molecule has 14 heavy (non-hydrogen) atoms. The molecule has 0 aromatic carbocycles. The molecule has 1 rings (SSSR count). The molecule has 80 valence electrons. The molecule has 3 nitrogen and oxygen atoms in total. The third kappa shape index (κ3) is 3.36. The highest BCUT2D eigenvalue weighted by Gasteiger charge is 2.16. The van der Waals surface area contributed by atoms with E-state index >= 15 is 0 Å². The van der Waals surface area contributed by atoms with Gasteiger partial charge >= 0.3 is 0 Å². The lowest BCUT2D eigenvalue weighted by Crippen LogP contribution is -2.27. The van der Waals surface area contributed by atoms with Crippen molar-refractivity contribution in [1.29, 1.82) is 0 Å². The van der Waals surface area contributed by atoms with Gasteiger partial charge in [-0.05, 0) is 13.3 Å². The Labute approximate surface area is 88.4 Å². The van der Waals surface area contributed by atoms with E-state index in [1.807, 2.05) is 19.2 Å². The van der Waals surface area contributed by atoms with Crippen LogP contribution >= 0.6 is 11.3 Å². The summed E-state index contributed by atoms with van der Waals surface area (Å²) in [5, 5.41) is 22.0. The lowest BCUT2D eigenvalue weighted by Gasteiger charge is -2.15. The van der Waals surface area contributed by atoms with E-state index in [-0.39, 0.29) is 0 Å². The molecule has 1 aromatic heterocycles. The molecule has 2 atom stereocenters. The van der Waals surface area contributed by atoms with Crippen LogP contribution in [0.25, 0.3) is 0 Å². The fourth-order valence-corrected chi connectivity index (χ4v) is 2.12. The molecule has 0 aliphatic heterocycles. The van der Waals surface area contributed by atoms with Crippen LogP contribution in [0.1, 0.15) is 30.5 Å². The third-order valence-electron chi connectivity index (χ3n) is 2.08. The van der Waals surface area contributed by atoms with Gasteiger partial charge in [0, 0.05) is 17.5 Å².